The summed E-state index contributed by atoms with van der Waals surface area (Å²) in [7, 11) is 0. The summed E-state index contributed by atoms with van der Waals surface area (Å²) in [6.45, 7) is 2.83. The van der Waals surface area contributed by atoms with Crippen LogP contribution >= 0.6 is 0 Å². The smallest absolute Gasteiger partial charge is 0.0991 e. The lowest BCUT2D eigenvalue weighted by atomic mass is 10.1. The first-order valence-electron chi connectivity index (χ1n) is 5.32. The van der Waals surface area contributed by atoms with Gasteiger partial charge in [0.1, 0.15) is 0 Å². The Hall–Kier alpha value is -2.08. The fraction of sp³-hybridized carbons (Fsp3) is 0.231. The van der Waals surface area contributed by atoms with Gasteiger partial charge in [-0.1, -0.05) is 19.1 Å². The maximum atomic E-state index is 8.80. The maximum Gasteiger partial charge on any atom is 0.0991 e. The van der Waals surface area contributed by atoms with E-state index in [2.05, 4.69) is 18.1 Å². The summed E-state index contributed by atoms with van der Waals surface area (Å²) >= 11 is 0. The molecule has 0 atom stereocenters. The first kappa shape index (κ1) is 10.4. The van der Waals surface area contributed by atoms with E-state index in [1.54, 1.807) is 0 Å². The predicted octanol–water partition coefficient (Wildman–Crippen LogP) is 2.37. The summed E-state index contributed by atoms with van der Waals surface area (Å²) in [6.07, 6.45) is 4.92. The first-order valence-corrected chi connectivity index (χ1v) is 5.32. The van der Waals surface area contributed by atoms with E-state index in [0.29, 0.717) is 5.56 Å². The zero-order valence-corrected chi connectivity index (χ0v) is 9.22. The average molecular weight is 211 g/mol. The number of hydrogen-bond donors (Lipinski definition) is 0. The number of aromatic nitrogens is 2. The molecular formula is C13H13N3. The minimum Gasteiger partial charge on any atom is -0.268 e. The number of nitrogens with zero attached hydrogens (tertiary/aromatic N) is 3. The molecule has 0 radical (unpaired) electrons. The van der Waals surface area contributed by atoms with Crippen LogP contribution in [0.1, 0.15) is 23.6 Å². The van der Waals surface area contributed by atoms with Gasteiger partial charge in [0.25, 0.3) is 0 Å². The van der Waals surface area contributed by atoms with Gasteiger partial charge >= 0.3 is 0 Å². The van der Waals surface area contributed by atoms with Crippen LogP contribution in [0.15, 0.2) is 36.7 Å². The highest BCUT2D eigenvalue weighted by Gasteiger charge is 1.99. The largest absolute Gasteiger partial charge is 0.268 e. The predicted molar refractivity (Wildman–Crippen MR) is 61.9 cm³/mol. The number of benzene rings is 1. The summed E-state index contributed by atoms with van der Waals surface area (Å²) < 4.78 is 1.90. The molecule has 0 N–H and O–H groups in total. The molecule has 0 spiro atoms. The molecule has 0 amide bonds. The van der Waals surface area contributed by atoms with E-state index in [9.17, 15) is 0 Å². The second-order valence-electron chi connectivity index (χ2n) is 3.71. The number of nitriles is 1. The van der Waals surface area contributed by atoms with Gasteiger partial charge in [-0.05, 0) is 29.7 Å². The molecule has 0 unspecified atom stereocenters. The Bertz CT molecular complexity index is 520. The van der Waals surface area contributed by atoms with Crippen LogP contribution in [0.25, 0.3) is 0 Å². The lowest BCUT2D eigenvalue weighted by molar-refractivity contribution is 0.686. The molecule has 0 saturated carbocycles. The van der Waals surface area contributed by atoms with E-state index < -0.39 is 0 Å². The van der Waals surface area contributed by atoms with Gasteiger partial charge in [-0.2, -0.15) is 10.4 Å². The van der Waals surface area contributed by atoms with Gasteiger partial charge in [-0.15, -0.1) is 0 Å². The lowest BCUT2D eigenvalue weighted by Crippen LogP contribution is -1.99. The highest BCUT2D eigenvalue weighted by Crippen LogP contribution is 2.07. The molecule has 0 bridgehead atoms. The van der Waals surface area contributed by atoms with Crippen LogP contribution < -0.4 is 0 Å². The van der Waals surface area contributed by atoms with Crippen LogP contribution in [0.5, 0.6) is 0 Å². The molecule has 0 aliphatic heterocycles. The third-order valence-corrected chi connectivity index (χ3v) is 2.50. The maximum absolute atomic E-state index is 8.80. The minimum absolute atomic E-state index is 0.695. The molecule has 0 aliphatic carbocycles. The quantitative estimate of drug-likeness (QED) is 0.782. The Morgan fingerprint density at radius 3 is 2.94 bits per heavy atom. The van der Waals surface area contributed by atoms with E-state index in [-0.39, 0.29) is 0 Å². The summed E-state index contributed by atoms with van der Waals surface area (Å²) in [5.41, 5.74) is 3.03. The van der Waals surface area contributed by atoms with E-state index in [4.69, 9.17) is 5.26 Å². The molecule has 1 heterocycles. The molecule has 3 heteroatoms. The molecule has 0 saturated heterocycles. The topological polar surface area (TPSA) is 41.6 Å². The summed E-state index contributed by atoms with van der Waals surface area (Å²) in [4.78, 5) is 0. The SMILES string of the molecule is CCc1cnn(Cc2cccc(C#N)c2)c1. The molecule has 3 nitrogen and oxygen atoms in total. The van der Waals surface area contributed by atoms with Crippen molar-refractivity contribution in [2.24, 2.45) is 0 Å². The second-order valence-corrected chi connectivity index (χ2v) is 3.71. The van der Waals surface area contributed by atoms with Gasteiger partial charge in [-0.25, -0.2) is 0 Å². The van der Waals surface area contributed by atoms with Crippen LogP contribution in [-0.4, -0.2) is 9.78 Å². The lowest BCUT2D eigenvalue weighted by Gasteiger charge is -2.01. The van der Waals surface area contributed by atoms with Gasteiger partial charge < -0.3 is 0 Å². The third kappa shape index (κ3) is 2.29. The Morgan fingerprint density at radius 2 is 2.25 bits per heavy atom. The molecule has 0 aliphatic rings. The molecule has 1 aromatic heterocycles. The third-order valence-electron chi connectivity index (χ3n) is 2.50. The van der Waals surface area contributed by atoms with E-state index in [1.807, 2.05) is 41.3 Å². The van der Waals surface area contributed by atoms with Crippen LogP contribution in [0, 0.1) is 11.3 Å². The number of aryl methyl sites for hydroxylation is 1. The molecule has 80 valence electrons. The van der Waals surface area contributed by atoms with Crippen LogP contribution in [0.2, 0.25) is 0 Å². The van der Waals surface area contributed by atoms with Gasteiger partial charge in [0.15, 0.2) is 0 Å². The summed E-state index contributed by atoms with van der Waals surface area (Å²) in [5.74, 6) is 0. The highest BCUT2D eigenvalue weighted by molar-refractivity contribution is 5.32. The Morgan fingerprint density at radius 1 is 1.38 bits per heavy atom. The van der Waals surface area contributed by atoms with Gasteiger partial charge in [0.05, 0.1) is 24.4 Å². The fourth-order valence-electron chi connectivity index (χ4n) is 1.60. The molecule has 1 aromatic carbocycles. The standard InChI is InChI=1S/C13H13N3/c1-2-11-8-15-16(9-11)10-13-5-3-4-12(6-13)7-14/h3-6,8-9H,2,10H2,1H3. The van der Waals surface area contributed by atoms with Crippen molar-refractivity contribution in [1.82, 2.24) is 9.78 Å². The molecular weight excluding hydrogens is 198 g/mol. The van der Waals surface area contributed by atoms with Crippen LogP contribution in [0.3, 0.4) is 0 Å². The van der Waals surface area contributed by atoms with E-state index >= 15 is 0 Å². The van der Waals surface area contributed by atoms with Gasteiger partial charge in [0.2, 0.25) is 0 Å². The minimum atomic E-state index is 0.695. The Balaban J connectivity index is 2.17. The second kappa shape index (κ2) is 4.63. The van der Waals surface area contributed by atoms with Crippen molar-refractivity contribution < 1.29 is 0 Å². The monoisotopic (exact) mass is 211 g/mol. The van der Waals surface area contributed by atoms with E-state index in [1.165, 1.54) is 5.56 Å². The number of hydrogen-bond acceptors (Lipinski definition) is 2. The zero-order valence-electron chi connectivity index (χ0n) is 9.22. The molecule has 2 aromatic rings. The van der Waals surface area contributed by atoms with Crippen LogP contribution in [-0.2, 0) is 13.0 Å². The normalized spacial score (nSPS) is 10.0. The Kier molecular flexibility index (Phi) is 3.02. The van der Waals surface area contributed by atoms with Crippen molar-refractivity contribution in [3.8, 4) is 6.07 Å². The van der Waals surface area contributed by atoms with Gasteiger partial charge in [-0.3, -0.25) is 4.68 Å². The van der Waals surface area contributed by atoms with Crippen molar-refractivity contribution in [2.45, 2.75) is 19.9 Å². The van der Waals surface area contributed by atoms with Crippen molar-refractivity contribution in [1.29, 1.82) is 5.26 Å². The van der Waals surface area contributed by atoms with Gasteiger partial charge in [0, 0.05) is 6.20 Å². The summed E-state index contributed by atoms with van der Waals surface area (Å²) in [5, 5.41) is 13.1. The fourth-order valence-corrected chi connectivity index (χ4v) is 1.60. The molecule has 0 fully saturated rings. The van der Waals surface area contributed by atoms with Crippen LogP contribution in [0.4, 0.5) is 0 Å². The highest BCUT2D eigenvalue weighted by atomic mass is 15.3. The summed E-state index contributed by atoms with van der Waals surface area (Å²) in [6, 6.07) is 9.75. The van der Waals surface area contributed by atoms with Crippen molar-refractivity contribution in [2.75, 3.05) is 0 Å². The first-order chi connectivity index (χ1) is 7.81. The number of rotatable bonds is 3. The molecule has 2 rings (SSSR count). The van der Waals surface area contributed by atoms with Crippen molar-refractivity contribution in [3.05, 3.63) is 53.3 Å². The van der Waals surface area contributed by atoms with E-state index in [0.717, 1.165) is 18.5 Å². The van der Waals surface area contributed by atoms with Crippen molar-refractivity contribution in [3.63, 3.8) is 0 Å². The average Bonchev–Trinajstić information content (AvgIpc) is 2.77. The zero-order chi connectivity index (χ0) is 11.4. The van der Waals surface area contributed by atoms with Crippen molar-refractivity contribution >= 4 is 0 Å². The molecule has 16 heavy (non-hydrogen) atoms. The Labute approximate surface area is 94.9 Å².